The van der Waals surface area contributed by atoms with E-state index in [0.717, 1.165) is 22.6 Å². The molecule has 2 aromatic carbocycles. The van der Waals surface area contributed by atoms with Crippen molar-refractivity contribution in [3.8, 4) is 11.4 Å². The van der Waals surface area contributed by atoms with Crippen LogP contribution in [0.5, 0.6) is 5.75 Å². The summed E-state index contributed by atoms with van der Waals surface area (Å²) in [6.45, 7) is 4.12. The molecule has 0 aliphatic carbocycles. The number of nitrogens with zero attached hydrogens (tertiary/aromatic N) is 2. The van der Waals surface area contributed by atoms with E-state index in [9.17, 15) is 8.42 Å². The van der Waals surface area contributed by atoms with Crippen molar-refractivity contribution in [1.82, 2.24) is 14.3 Å². The van der Waals surface area contributed by atoms with E-state index < -0.39 is 10.0 Å². The molecule has 0 aliphatic rings. The Labute approximate surface area is 159 Å². The molecule has 0 saturated carbocycles. The van der Waals surface area contributed by atoms with Crippen molar-refractivity contribution < 1.29 is 13.2 Å². The van der Waals surface area contributed by atoms with Crippen LogP contribution in [0.15, 0.2) is 59.8 Å². The number of nitrogens with one attached hydrogen (secondary N) is 1. The van der Waals surface area contributed by atoms with Gasteiger partial charge in [0.1, 0.15) is 11.6 Å². The second-order valence-electron chi connectivity index (χ2n) is 6.16. The van der Waals surface area contributed by atoms with Gasteiger partial charge in [-0.3, -0.25) is 0 Å². The maximum Gasteiger partial charge on any atom is 0.240 e. The van der Waals surface area contributed by atoms with Crippen molar-refractivity contribution in [3.05, 3.63) is 71.8 Å². The van der Waals surface area contributed by atoms with Crippen LogP contribution in [-0.2, 0) is 23.0 Å². The van der Waals surface area contributed by atoms with Gasteiger partial charge < -0.3 is 9.30 Å². The lowest BCUT2D eigenvalue weighted by Crippen LogP contribution is -2.23. The lowest BCUT2D eigenvalue weighted by Gasteiger charge is -2.11. The molecule has 1 heterocycles. The second kappa shape index (κ2) is 7.94. The highest BCUT2D eigenvalue weighted by atomic mass is 32.2. The number of imidazole rings is 1. The summed E-state index contributed by atoms with van der Waals surface area (Å²) in [6, 6.07) is 12.6. The van der Waals surface area contributed by atoms with Crippen molar-refractivity contribution >= 4 is 10.0 Å². The van der Waals surface area contributed by atoms with E-state index in [1.54, 1.807) is 31.5 Å². The number of aryl methyl sites for hydroxylation is 2. The molecule has 7 heteroatoms. The summed E-state index contributed by atoms with van der Waals surface area (Å²) < 4.78 is 35.1. The monoisotopic (exact) mass is 385 g/mol. The van der Waals surface area contributed by atoms with E-state index in [-0.39, 0.29) is 11.4 Å². The average molecular weight is 385 g/mol. The minimum Gasteiger partial charge on any atom is -0.496 e. The fourth-order valence-corrected chi connectivity index (χ4v) is 3.95. The lowest BCUT2D eigenvalue weighted by atomic mass is 10.1. The first-order valence-electron chi connectivity index (χ1n) is 8.70. The third kappa shape index (κ3) is 4.20. The molecule has 1 N–H and O–H groups in total. The van der Waals surface area contributed by atoms with Crippen molar-refractivity contribution in [3.63, 3.8) is 0 Å². The summed E-state index contributed by atoms with van der Waals surface area (Å²) in [5.41, 5.74) is 2.73. The van der Waals surface area contributed by atoms with E-state index in [1.165, 1.54) is 0 Å². The minimum atomic E-state index is -3.60. The SMILES string of the molecule is CCc1cc(S(=O)(=O)NCc2ccc(-n3ccnc3C)cc2)ccc1OC. The maximum absolute atomic E-state index is 12.6. The van der Waals surface area contributed by atoms with E-state index in [1.807, 2.05) is 48.9 Å². The molecule has 0 atom stereocenters. The number of hydrogen-bond donors (Lipinski definition) is 1. The van der Waals surface area contributed by atoms with Crippen LogP contribution in [0.25, 0.3) is 5.69 Å². The van der Waals surface area contributed by atoms with Crippen LogP contribution in [0.3, 0.4) is 0 Å². The molecule has 0 unspecified atom stereocenters. The molecule has 0 aliphatic heterocycles. The van der Waals surface area contributed by atoms with Gasteiger partial charge in [-0.25, -0.2) is 18.1 Å². The largest absolute Gasteiger partial charge is 0.496 e. The molecule has 0 spiro atoms. The van der Waals surface area contributed by atoms with Gasteiger partial charge in [-0.2, -0.15) is 0 Å². The van der Waals surface area contributed by atoms with Crippen LogP contribution in [0.1, 0.15) is 23.9 Å². The summed E-state index contributed by atoms with van der Waals surface area (Å²) in [4.78, 5) is 4.45. The molecule has 6 nitrogen and oxygen atoms in total. The van der Waals surface area contributed by atoms with Crippen molar-refractivity contribution in [2.45, 2.75) is 31.7 Å². The maximum atomic E-state index is 12.6. The van der Waals surface area contributed by atoms with Gasteiger partial charge in [0.05, 0.1) is 12.0 Å². The van der Waals surface area contributed by atoms with E-state index in [4.69, 9.17) is 4.74 Å². The van der Waals surface area contributed by atoms with Gasteiger partial charge in [-0.15, -0.1) is 0 Å². The first-order chi connectivity index (χ1) is 12.9. The number of rotatable bonds is 7. The van der Waals surface area contributed by atoms with Crippen LogP contribution in [-0.4, -0.2) is 25.1 Å². The van der Waals surface area contributed by atoms with Crippen LogP contribution < -0.4 is 9.46 Å². The molecule has 27 heavy (non-hydrogen) atoms. The standard InChI is InChI=1S/C20H23N3O3S/c1-4-17-13-19(9-10-20(17)26-3)27(24,25)22-14-16-5-7-18(8-6-16)23-12-11-21-15(23)2/h5-13,22H,4,14H2,1-3H3. The topological polar surface area (TPSA) is 73.2 Å². The van der Waals surface area contributed by atoms with Gasteiger partial charge in [0, 0.05) is 24.6 Å². The van der Waals surface area contributed by atoms with Crippen LogP contribution in [0.2, 0.25) is 0 Å². The summed E-state index contributed by atoms with van der Waals surface area (Å²) >= 11 is 0. The Morgan fingerprint density at radius 2 is 1.89 bits per heavy atom. The highest BCUT2D eigenvalue weighted by Crippen LogP contribution is 2.23. The molecule has 3 aromatic rings. The zero-order valence-electron chi connectivity index (χ0n) is 15.6. The van der Waals surface area contributed by atoms with Crippen molar-refractivity contribution in [2.24, 2.45) is 0 Å². The molecule has 0 saturated heterocycles. The zero-order valence-corrected chi connectivity index (χ0v) is 16.5. The molecule has 0 radical (unpaired) electrons. The van der Waals surface area contributed by atoms with E-state index >= 15 is 0 Å². The van der Waals surface area contributed by atoms with Crippen LogP contribution in [0, 0.1) is 6.92 Å². The lowest BCUT2D eigenvalue weighted by molar-refractivity contribution is 0.409. The fourth-order valence-electron chi connectivity index (χ4n) is 2.89. The number of aromatic nitrogens is 2. The van der Waals surface area contributed by atoms with Crippen LogP contribution >= 0.6 is 0 Å². The van der Waals surface area contributed by atoms with Gasteiger partial charge in [0.25, 0.3) is 0 Å². The van der Waals surface area contributed by atoms with E-state index in [0.29, 0.717) is 12.2 Å². The van der Waals surface area contributed by atoms with Gasteiger partial charge in [-0.1, -0.05) is 19.1 Å². The third-order valence-corrected chi connectivity index (χ3v) is 5.85. The zero-order chi connectivity index (χ0) is 19.4. The van der Waals surface area contributed by atoms with Crippen molar-refractivity contribution in [2.75, 3.05) is 7.11 Å². The van der Waals surface area contributed by atoms with Gasteiger partial charge in [-0.05, 0) is 54.8 Å². The highest BCUT2D eigenvalue weighted by Gasteiger charge is 2.16. The number of benzene rings is 2. The summed E-state index contributed by atoms with van der Waals surface area (Å²) in [5.74, 6) is 1.59. The third-order valence-electron chi connectivity index (χ3n) is 4.45. The molecule has 0 fully saturated rings. The number of ether oxygens (including phenoxy) is 1. The van der Waals surface area contributed by atoms with Crippen LogP contribution in [0.4, 0.5) is 0 Å². The fraction of sp³-hybridized carbons (Fsp3) is 0.250. The average Bonchev–Trinajstić information content (AvgIpc) is 3.12. The molecule has 3 rings (SSSR count). The predicted molar refractivity (Wildman–Crippen MR) is 105 cm³/mol. The molecular formula is C20H23N3O3S. The van der Waals surface area contributed by atoms with Gasteiger partial charge in [0.15, 0.2) is 0 Å². The smallest absolute Gasteiger partial charge is 0.240 e. The number of methoxy groups -OCH3 is 1. The molecule has 0 amide bonds. The Hall–Kier alpha value is -2.64. The summed E-state index contributed by atoms with van der Waals surface area (Å²) in [5, 5.41) is 0. The Bertz CT molecular complexity index is 1020. The second-order valence-corrected chi connectivity index (χ2v) is 7.93. The number of hydrogen-bond acceptors (Lipinski definition) is 4. The Morgan fingerprint density at radius 1 is 1.15 bits per heavy atom. The van der Waals surface area contributed by atoms with E-state index in [2.05, 4.69) is 9.71 Å². The Balaban J connectivity index is 1.73. The first-order valence-corrected chi connectivity index (χ1v) is 10.2. The Morgan fingerprint density at radius 3 is 2.48 bits per heavy atom. The normalized spacial score (nSPS) is 11.5. The molecule has 142 valence electrons. The highest BCUT2D eigenvalue weighted by molar-refractivity contribution is 7.89. The minimum absolute atomic E-state index is 0.221. The molecular weight excluding hydrogens is 362 g/mol. The summed E-state index contributed by atoms with van der Waals surface area (Å²) in [7, 11) is -2.02. The molecule has 0 bridgehead atoms. The number of sulfonamides is 1. The first kappa shape index (κ1) is 19.1. The molecule has 1 aromatic heterocycles. The quantitative estimate of drug-likeness (QED) is 0.678. The van der Waals surface area contributed by atoms with Gasteiger partial charge >= 0.3 is 0 Å². The van der Waals surface area contributed by atoms with Crippen molar-refractivity contribution in [1.29, 1.82) is 0 Å². The predicted octanol–water partition coefficient (Wildman–Crippen LogP) is 3.23. The van der Waals surface area contributed by atoms with Gasteiger partial charge in [0.2, 0.25) is 10.0 Å². The Kier molecular flexibility index (Phi) is 5.62. The summed E-state index contributed by atoms with van der Waals surface area (Å²) in [6.07, 6.45) is 4.33.